The maximum absolute atomic E-state index is 6.01. The van der Waals surface area contributed by atoms with E-state index in [1.165, 1.54) is 23.1 Å². The highest BCUT2D eigenvalue weighted by Gasteiger charge is 2.04. The maximum Gasteiger partial charge on any atom is 0.122 e. The Morgan fingerprint density at radius 1 is 0.870 bits per heavy atom. The molecule has 0 atom stereocenters. The first kappa shape index (κ1) is 17.6. The van der Waals surface area contributed by atoms with Gasteiger partial charge in [-0.15, -0.1) is 0 Å². The van der Waals surface area contributed by atoms with E-state index < -0.39 is 0 Å². The number of benzene rings is 2. The van der Waals surface area contributed by atoms with Crippen LogP contribution < -0.4 is 4.74 Å². The summed E-state index contributed by atoms with van der Waals surface area (Å²) in [4.78, 5) is 2.22. The molecule has 2 nitrogen and oxygen atoms in total. The zero-order valence-electron chi connectivity index (χ0n) is 14.7. The average Bonchev–Trinajstić information content (AvgIpc) is 2.55. The summed E-state index contributed by atoms with van der Waals surface area (Å²) in [6.07, 6.45) is 4.36. The fourth-order valence-electron chi connectivity index (χ4n) is 2.60. The van der Waals surface area contributed by atoms with E-state index in [9.17, 15) is 0 Å². The molecule has 0 N–H and O–H groups in total. The van der Waals surface area contributed by atoms with Crippen molar-refractivity contribution >= 4 is 0 Å². The summed E-state index contributed by atoms with van der Waals surface area (Å²) in [7, 11) is 4.22. The van der Waals surface area contributed by atoms with Crippen LogP contribution in [0.15, 0.2) is 48.5 Å². The van der Waals surface area contributed by atoms with Crippen molar-refractivity contribution in [3.63, 3.8) is 0 Å². The van der Waals surface area contributed by atoms with Crippen molar-refractivity contribution in [2.45, 2.75) is 32.6 Å². The van der Waals surface area contributed by atoms with Crippen LogP contribution in [0.1, 0.15) is 29.5 Å². The molecule has 0 aromatic heterocycles. The molecule has 0 saturated carbocycles. The SMILES string of the molecule is Cc1ccc(CCc2ccccc2OCCCCN(C)C)cc1. The maximum atomic E-state index is 6.01. The van der Waals surface area contributed by atoms with Gasteiger partial charge in [0.2, 0.25) is 0 Å². The van der Waals surface area contributed by atoms with Crippen LogP contribution in [0.5, 0.6) is 5.75 Å². The van der Waals surface area contributed by atoms with Crippen LogP contribution in [0.3, 0.4) is 0 Å². The molecule has 0 aliphatic heterocycles. The number of unbranched alkanes of at least 4 members (excludes halogenated alkanes) is 1. The first-order chi connectivity index (χ1) is 11.1. The van der Waals surface area contributed by atoms with Crippen molar-refractivity contribution in [2.24, 2.45) is 0 Å². The lowest BCUT2D eigenvalue weighted by Gasteiger charge is -2.13. The lowest BCUT2D eigenvalue weighted by atomic mass is 10.0. The predicted molar refractivity (Wildman–Crippen MR) is 98.3 cm³/mol. The van der Waals surface area contributed by atoms with Crippen molar-refractivity contribution in [3.8, 4) is 5.75 Å². The van der Waals surface area contributed by atoms with Crippen LogP contribution in [-0.4, -0.2) is 32.1 Å². The third-order valence-corrected chi connectivity index (χ3v) is 4.03. The molecular formula is C21H29NO. The smallest absolute Gasteiger partial charge is 0.122 e. The van der Waals surface area contributed by atoms with Crippen molar-refractivity contribution in [1.29, 1.82) is 0 Å². The van der Waals surface area contributed by atoms with E-state index >= 15 is 0 Å². The minimum atomic E-state index is 0.801. The van der Waals surface area contributed by atoms with Gasteiger partial charge in [0.25, 0.3) is 0 Å². The second-order valence-electron chi connectivity index (χ2n) is 6.45. The molecule has 0 fully saturated rings. The third kappa shape index (κ3) is 6.45. The van der Waals surface area contributed by atoms with Gasteiger partial charge in [-0.2, -0.15) is 0 Å². The van der Waals surface area contributed by atoms with Gasteiger partial charge in [0.1, 0.15) is 5.75 Å². The van der Waals surface area contributed by atoms with E-state index in [0.29, 0.717) is 0 Å². The molecule has 2 aromatic rings. The summed E-state index contributed by atoms with van der Waals surface area (Å²) < 4.78 is 6.01. The summed E-state index contributed by atoms with van der Waals surface area (Å²) >= 11 is 0. The normalized spacial score (nSPS) is 11.0. The average molecular weight is 311 g/mol. The second-order valence-corrected chi connectivity index (χ2v) is 6.45. The summed E-state index contributed by atoms with van der Waals surface area (Å²) in [6.45, 7) is 4.05. The van der Waals surface area contributed by atoms with Gasteiger partial charge in [0.15, 0.2) is 0 Å². The largest absolute Gasteiger partial charge is 0.493 e. The Morgan fingerprint density at radius 2 is 1.61 bits per heavy atom. The minimum Gasteiger partial charge on any atom is -0.493 e. The Labute approximate surface area is 141 Å². The van der Waals surface area contributed by atoms with E-state index in [1.807, 2.05) is 0 Å². The Morgan fingerprint density at radius 3 is 2.35 bits per heavy atom. The fraction of sp³-hybridized carbons (Fsp3) is 0.429. The highest BCUT2D eigenvalue weighted by Crippen LogP contribution is 2.20. The van der Waals surface area contributed by atoms with Crippen LogP contribution >= 0.6 is 0 Å². The molecule has 2 aromatic carbocycles. The summed E-state index contributed by atoms with van der Waals surface area (Å²) in [5.74, 6) is 1.05. The number of ether oxygens (including phenoxy) is 1. The number of aryl methyl sites for hydroxylation is 3. The molecule has 0 radical (unpaired) electrons. The van der Waals surface area contributed by atoms with Gasteiger partial charge in [-0.25, -0.2) is 0 Å². The van der Waals surface area contributed by atoms with E-state index in [2.05, 4.69) is 74.4 Å². The van der Waals surface area contributed by atoms with Gasteiger partial charge in [0, 0.05) is 0 Å². The van der Waals surface area contributed by atoms with E-state index in [0.717, 1.165) is 38.2 Å². The summed E-state index contributed by atoms with van der Waals surface area (Å²) in [6, 6.07) is 17.2. The first-order valence-corrected chi connectivity index (χ1v) is 8.56. The molecule has 0 heterocycles. The van der Waals surface area contributed by atoms with Gasteiger partial charge in [-0.3, -0.25) is 0 Å². The number of hydrogen-bond acceptors (Lipinski definition) is 2. The third-order valence-electron chi connectivity index (χ3n) is 4.03. The van der Waals surface area contributed by atoms with Crippen LogP contribution in [0.2, 0.25) is 0 Å². The molecule has 0 spiro atoms. The lowest BCUT2D eigenvalue weighted by molar-refractivity contribution is 0.290. The molecule has 124 valence electrons. The quantitative estimate of drug-likeness (QED) is 0.632. The molecule has 2 heteroatoms. The molecular weight excluding hydrogens is 282 g/mol. The number of para-hydroxylation sites is 1. The van der Waals surface area contributed by atoms with E-state index in [-0.39, 0.29) is 0 Å². The van der Waals surface area contributed by atoms with Crippen LogP contribution in [-0.2, 0) is 12.8 Å². The molecule has 0 amide bonds. The lowest BCUT2D eigenvalue weighted by Crippen LogP contribution is -2.13. The Kier molecular flexibility index (Phi) is 7.15. The zero-order valence-corrected chi connectivity index (χ0v) is 14.7. The Balaban J connectivity index is 1.83. The molecule has 0 aliphatic rings. The van der Waals surface area contributed by atoms with Gasteiger partial charge in [-0.05, 0) is 70.4 Å². The van der Waals surface area contributed by atoms with Gasteiger partial charge >= 0.3 is 0 Å². The van der Waals surface area contributed by atoms with Gasteiger partial charge < -0.3 is 9.64 Å². The Hall–Kier alpha value is -1.80. The first-order valence-electron chi connectivity index (χ1n) is 8.56. The minimum absolute atomic E-state index is 0.801. The molecule has 0 unspecified atom stereocenters. The van der Waals surface area contributed by atoms with E-state index in [1.54, 1.807) is 0 Å². The topological polar surface area (TPSA) is 12.5 Å². The predicted octanol–water partition coefficient (Wildman–Crippen LogP) is 4.50. The number of hydrogen-bond donors (Lipinski definition) is 0. The van der Waals surface area contributed by atoms with Gasteiger partial charge in [0.05, 0.1) is 6.61 Å². The highest BCUT2D eigenvalue weighted by molar-refractivity contribution is 5.34. The van der Waals surface area contributed by atoms with Crippen LogP contribution in [0.25, 0.3) is 0 Å². The highest BCUT2D eigenvalue weighted by atomic mass is 16.5. The van der Waals surface area contributed by atoms with Gasteiger partial charge in [-0.1, -0.05) is 48.0 Å². The molecule has 0 aliphatic carbocycles. The zero-order chi connectivity index (χ0) is 16.5. The van der Waals surface area contributed by atoms with Crippen LogP contribution in [0, 0.1) is 6.92 Å². The van der Waals surface area contributed by atoms with Crippen molar-refractivity contribution in [1.82, 2.24) is 4.90 Å². The fourth-order valence-corrected chi connectivity index (χ4v) is 2.60. The van der Waals surface area contributed by atoms with Crippen molar-refractivity contribution in [3.05, 3.63) is 65.2 Å². The Bertz CT molecular complexity index is 575. The second kappa shape index (κ2) is 9.36. The molecule has 0 saturated heterocycles. The summed E-state index contributed by atoms with van der Waals surface area (Å²) in [5.41, 5.74) is 4.01. The molecule has 0 bridgehead atoms. The van der Waals surface area contributed by atoms with Crippen molar-refractivity contribution in [2.75, 3.05) is 27.2 Å². The molecule has 23 heavy (non-hydrogen) atoms. The standard InChI is InChI=1S/C21H29NO/c1-18-10-12-19(13-11-18)14-15-20-8-4-5-9-21(20)23-17-7-6-16-22(2)3/h4-5,8-13H,6-7,14-17H2,1-3H3. The van der Waals surface area contributed by atoms with E-state index in [4.69, 9.17) is 4.74 Å². The van der Waals surface area contributed by atoms with Crippen molar-refractivity contribution < 1.29 is 4.74 Å². The van der Waals surface area contributed by atoms with Crippen LogP contribution in [0.4, 0.5) is 0 Å². The monoisotopic (exact) mass is 311 g/mol. The number of nitrogens with zero attached hydrogens (tertiary/aromatic N) is 1. The summed E-state index contributed by atoms with van der Waals surface area (Å²) in [5, 5.41) is 0. The molecule has 2 rings (SSSR count). The number of rotatable bonds is 9.